The van der Waals surface area contributed by atoms with Gasteiger partial charge in [0.25, 0.3) is 0 Å². The Morgan fingerprint density at radius 2 is 2.50 bits per heavy atom. The number of H-pyrrole nitrogens is 1. The topological polar surface area (TPSA) is 70.9 Å². The molecule has 0 radical (unpaired) electrons. The highest BCUT2D eigenvalue weighted by atomic mass is 16.3. The van der Waals surface area contributed by atoms with Gasteiger partial charge in [0.05, 0.1) is 24.8 Å². The van der Waals surface area contributed by atoms with E-state index in [1.165, 1.54) is 0 Å². The number of nitrogens with one attached hydrogen (secondary N) is 2. The molecule has 1 amide bonds. The maximum atomic E-state index is 11.4. The van der Waals surface area contributed by atoms with Crippen molar-refractivity contribution in [2.75, 3.05) is 0 Å². The zero-order chi connectivity index (χ0) is 11.2. The van der Waals surface area contributed by atoms with Crippen molar-refractivity contribution in [2.45, 2.75) is 19.4 Å². The van der Waals surface area contributed by atoms with Crippen LogP contribution in [0.5, 0.6) is 0 Å². The second-order valence-corrected chi connectivity index (χ2v) is 3.43. The number of aromatic nitrogens is 2. The van der Waals surface area contributed by atoms with Gasteiger partial charge >= 0.3 is 0 Å². The number of furan rings is 1. The van der Waals surface area contributed by atoms with Crippen LogP contribution in [0, 0.1) is 0 Å². The fourth-order valence-corrected chi connectivity index (χ4v) is 1.36. The molecule has 0 aromatic carbocycles. The fourth-order valence-electron chi connectivity index (χ4n) is 1.36. The number of imidazole rings is 1. The fraction of sp³-hybridized carbons (Fsp3) is 0.273. The molecule has 0 saturated carbocycles. The predicted octanol–water partition coefficient (Wildman–Crippen LogP) is 1.25. The molecule has 0 fully saturated rings. The maximum Gasteiger partial charge on any atom is 0.220 e. The van der Waals surface area contributed by atoms with Crippen LogP contribution in [0.25, 0.3) is 0 Å². The normalized spacial score (nSPS) is 10.2. The van der Waals surface area contributed by atoms with E-state index in [1.807, 2.05) is 12.1 Å². The number of hydrogen-bond acceptors (Lipinski definition) is 3. The van der Waals surface area contributed by atoms with Crippen LogP contribution < -0.4 is 5.32 Å². The molecule has 0 unspecified atom stereocenters. The summed E-state index contributed by atoms with van der Waals surface area (Å²) in [6, 6.07) is 3.68. The van der Waals surface area contributed by atoms with Gasteiger partial charge in [0.1, 0.15) is 5.76 Å². The molecule has 0 aliphatic rings. The van der Waals surface area contributed by atoms with Gasteiger partial charge in [-0.2, -0.15) is 0 Å². The third-order valence-corrected chi connectivity index (χ3v) is 2.21. The molecule has 5 nitrogen and oxygen atoms in total. The minimum absolute atomic E-state index is 0.00556. The Bertz CT molecular complexity index is 380. The first-order valence-electron chi connectivity index (χ1n) is 5.11. The molecule has 0 aliphatic heterocycles. The van der Waals surface area contributed by atoms with E-state index in [2.05, 4.69) is 15.3 Å². The minimum atomic E-state index is 0.00556. The van der Waals surface area contributed by atoms with E-state index >= 15 is 0 Å². The molecular formula is C11H13N3O2. The summed E-state index contributed by atoms with van der Waals surface area (Å²) in [5, 5.41) is 2.80. The highest BCUT2D eigenvalue weighted by Gasteiger charge is 2.03. The summed E-state index contributed by atoms with van der Waals surface area (Å²) in [6.07, 6.45) is 5.94. The van der Waals surface area contributed by atoms with Gasteiger partial charge in [-0.05, 0) is 12.1 Å². The van der Waals surface area contributed by atoms with Crippen LogP contribution in [0.4, 0.5) is 0 Å². The molecular weight excluding hydrogens is 206 g/mol. The van der Waals surface area contributed by atoms with Gasteiger partial charge in [0.15, 0.2) is 0 Å². The van der Waals surface area contributed by atoms with Crippen molar-refractivity contribution < 1.29 is 9.21 Å². The van der Waals surface area contributed by atoms with Crippen LogP contribution >= 0.6 is 0 Å². The molecule has 2 aromatic rings. The van der Waals surface area contributed by atoms with Gasteiger partial charge < -0.3 is 14.7 Å². The van der Waals surface area contributed by atoms with Gasteiger partial charge in [0.2, 0.25) is 5.91 Å². The largest absolute Gasteiger partial charge is 0.469 e. The smallest absolute Gasteiger partial charge is 0.220 e. The van der Waals surface area contributed by atoms with E-state index in [0.717, 1.165) is 11.5 Å². The van der Waals surface area contributed by atoms with E-state index in [9.17, 15) is 4.79 Å². The summed E-state index contributed by atoms with van der Waals surface area (Å²) in [5.41, 5.74) is 0.895. The van der Waals surface area contributed by atoms with Gasteiger partial charge in [-0.3, -0.25) is 4.79 Å². The molecule has 84 valence electrons. The molecule has 0 saturated heterocycles. The van der Waals surface area contributed by atoms with E-state index < -0.39 is 0 Å². The predicted molar refractivity (Wildman–Crippen MR) is 57.5 cm³/mol. The number of rotatable bonds is 5. The Morgan fingerprint density at radius 3 is 3.19 bits per heavy atom. The number of nitrogens with zero attached hydrogens (tertiary/aromatic N) is 1. The van der Waals surface area contributed by atoms with Gasteiger partial charge in [-0.1, -0.05) is 0 Å². The first-order valence-corrected chi connectivity index (χ1v) is 5.11. The molecule has 0 atom stereocenters. The van der Waals surface area contributed by atoms with E-state index in [4.69, 9.17) is 4.42 Å². The van der Waals surface area contributed by atoms with Gasteiger partial charge in [-0.15, -0.1) is 0 Å². The number of aryl methyl sites for hydroxylation is 1. The number of carbonyl (C=O) groups is 1. The van der Waals surface area contributed by atoms with Crippen molar-refractivity contribution in [2.24, 2.45) is 0 Å². The SMILES string of the molecule is O=C(CCc1ccco1)NCc1cnc[nH]1. The van der Waals surface area contributed by atoms with E-state index in [1.54, 1.807) is 18.8 Å². The Balaban J connectivity index is 1.69. The Labute approximate surface area is 92.9 Å². The average Bonchev–Trinajstić information content (AvgIpc) is 2.96. The summed E-state index contributed by atoms with van der Waals surface area (Å²) in [7, 11) is 0. The summed E-state index contributed by atoms with van der Waals surface area (Å²) < 4.78 is 5.14. The standard InChI is InChI=1S/C11H13N3O2/c15-11(4-3-10-2-1-5-16-10)13-7-9-6-12-8-14-9/h1-2,5-6,8H,3-4,7H2,(H,12,14)(H,13,15). The van der Waals surface area contributed by atoms with Gasteiger partial charge in [-0.25, -0.2) is 4.98 Å². The summed E-state index contributed by atoms with van der Waals surface area (Å²) in [6.45, 7) is 0.483. The highest BCUT2D eigenvalue weighted by molar-refractivity contribution is 5.75. The molecule has 0 spiro atoms. The van der Waals surface area contributed by atoms with Crippen LogP contribution in [0.15, 0.2) is 35.3 Å². The van der Waals surface area contributed by atoms with Crippen molar-refractivity contribution in [3.05, 3.63) is 42.4 Å². The van der Waals surface area contributed by atoms with E-state index in [0.29, 0.717) is 19.4 Å². The third kappa shape index (κ3) is 2.98. The quantitative estimate of drug-likeness (QED) is 0.795. The van der Waals surface area contributed by atoms with Crippen molar-refractivity contribution >= 4 is 5.91 Å². The van der Waals surface area contributed by atoms with Crippen molar-refractivity contribution in [3.8, 4) is 0 Å². The van der Waals surface area contributed by atoms with Crippen LogP contribution in [-0.2, 0) is 17.8 Å². The second-order valence-electron chi connectivity index (χ2n) is 3.43. The molecule has 2 N–H and O–H groups in total. The zero-order valence-corrected chi connectivity index (χ0v) is 8.77. The van der Waals surface area contributed by atoms with Crippen LogP contribution in [0.2, 0.25) is 0 Å². The number of aromatic amines is 1. The Morgan fingerprint density at radius 1 is 1.56 bits per heavy atom. The number of amides is 1. The van der Waals surface area contributed by atoms with Crippen LogP contribution in [-0.4, -0.2) is 15.9 Å². The molecule has 5 heteroatoms. The molecule has 0 aliphatic carbocycles. The maximum absolute atomic E-state index is 11.4. The average molecular weight is 219 g/mol. The lowest BCUT2D eigenvalue weighted by molar-refractivity contribution is -0.121. The zero-order valence-electron chi connectivity index (χ0n) is 8.77. The first kappa shape index (κ1) is 10.5. The van der Waals surface area contributed by atoms with Crippen molar-refractivity contribution in [3.63, 3.8) is 0 Å². The van der Waals surface area contributed by atoms with Crippen LogP contribution in [0.1, 0.15) is 17.9 Å². The van der Waals surface area contributed by atoms with Crippen LogP contribution in [0.3, 0.4) is 0 Å². The summed E-state index contributed by atoms with van der Waals surface area (Å²) >= 11 is 0. The van der Waals surface area contributed by atoms with Crippen molar-refractivity contribution in [1.29, 1.82) is 0 Å². The Kier molecular flexibility index (Phi) is 3.38. The Hall–Kier alpha value is -2.04. The lowest BCUT2D eigenvalue weighted by Gasteiger charge is -2.02. The number of carbonyl (C=O) groups excluding carboxylic acids is 1. The minimum Gasteiger partial charge on any atom is -0.469 e. The molecule has 16 heavy (non-hydrogen) atoms. The monoisotopic (exact) mass is 219 g/mol. The lowest BCUT2D eigenvalue weighted by Crippen LogP contribution is -2.23. The van der Waals surface area contributed by atoms with Gasteiger partial charge in [0, 0.05) is 19.0 Å². The number of hydrogen-bond donors (Lipinski definition) is 2. The lowest BCUT2D eigenvalue weighted by atomic mass is 10.2. The van der Waals surface area contributed by atoms with E-state index in [-0.39, 0.29) is 5.91 Å². The molecule has 0 bridgehead atoms. The van der Waals surface area contributed by atoms with Crippen molar-refractivity contribution in [1.82, 2.24) is 15.3 Å². The summed E-state index contributed by atoms with van der Waals surface area (Å²) in [4.78, 5) is 18.2. The molecule has 2 heterocycles. The highest BCUT2D eigenvalue weighted by Crippen LogP contribution is 2.03. The first-order chi connectivity index (χ1) is 7.84. The third-order valence-electron chi connectivity index (χ3n) is 2.21. The summed E-state index contributed by atoms with van der Waals surface area (Å²) in [5.74, 6) is 0.836. The molecule has 2 rings (SSSR count). The second kappa shape index (κ2) is 5.16. The molecule has 2 aromatic heterocycles.